The summed E-state index contributed by atoms with van der Waals surface area (Å²) >= 11 is 2.96. The van der Waals surface area contributed by atoms with E-state index in [2.05, 4.69) is 26.2 Å². The minimum Gasteiger partial charge on any atom is -0.510 e. The molecule has 29 heavy (non-hydrogen) atoms. The van der Waals surface area contributed by atoms with Crippen molar-refractivity contribution in [2.24, 2.45) is 0 Å². The van der Waals surface area contributed by atoms with E-state index in [1.54, 1.807) is 11.3 Å². The molecule has 0 aliphatic carbocycles. The molecule has 0 saturated heterocycles. The number of hydrogen-bond acceptors (Lipinski definition) is 7. The molecule has 0 spiro atoms. The Kier molecular flexibility index (Phi) is 5.38. The van der Waals surface area contributed by atoms with E-state index in [1.807, 2.05) is 60.2 Å². The van der Waals surface area contributed by atoms with E-state index in [1.165, 1.54) is 11.8 Å². The van der Waals surface area contributed by atoms with Crippen molar-refractivity contribution < 1.29 is 5.11 Å². The smallest absolute Gasteiger partial charge is 0.192 e. The van der Waals surface area contributed by atoms with Gasteiger partial charge in [-0.2, -0.15) is 5.26 Å². The second kappa shape index (κ2) is 8.11. The van der Waals surface area contributed by atoms with Crippen LogP contribution < -0.4 is 0 Å². The zero-order chi connectivity index (χ0) is 20.4. The summed E-state index contributed by atoms with van der Waals surface area (Å²) in [5, 5.41) is 31.4. The summed E-state index contributed by atoms with van der Waals surface area (Å²) in [5.41, 5.74) is 1.69. The third kappa shape index (κ3) is 3.64. The number of nitriles is 1. The Hall–Kier alpha value is -3.09. The molecule has 9 heteroatoms. The zero-order valence-electron chi connectivity index (χ0n) is 15.8. The molecule has 0 aliphatic heterocycles. The molecule has 0 aliphatic rings. The van der Waals surface area contributed by atoms with Crippen LogP contribution in [0.25, 0.3) is 27.3 Å². The van der Waals surface area contributed by atoms with E-state index in [4.69, 9.17) is 0 Å². The number of imidazole rings is 1. The van der Waals surface area contributed by atoms with Gasteiger partial charge in [-0.15, -0.1) is 21.5 Å². The second-order valence-electron chi connectivity index (χ2n) is 6.26. The molecule has 4 aromatic rings. The molecule has 3 aromatic heterocycles. The fraction of sp³-hybridized carbons (Fsp3) is 0.200. The Labute approximate surface area is 175 Å². The lowest BCUT2D eigenvalue weighted by atomic mass is 10.2. The molecular weight excluding hydrogens is 404 g/mol. The monoisotopic (exact) mass is 422 g/mol. The van der Waals surface area contributed by atoms with Gasteiger partial charge in [-0.05, 0) is 37.4 Å². The van der Waals surface area contributed by atoms with Crippen LogP contribution in [0.5, 0.6) is 0 Å². The molecule has 0 saturated carbocycles. The van der Waals surface area contributed by atoms with Gasteiger partial charge in [0.2, 0.25) is 0 Å². The van der Waals surface area contributed by atoms with Crippen LogP contribution in [0.2, 0.25) is 0 Å². The number of thiophene rings is 1. The van der Waals surface area contributed by atoms with E-state index in [-0.39, 0.29) is 11.3 Å². The number of nitrogens with zero attached hydrogens (tertiary/aromatic N) is 5. The number of aliphatic hydroxyl groups excluding tert-OH is 1. The van der Waals surface area contributed by atoms with E-state index < -0.39 is 5.25 Å². The number of para-hydroxylation sites is 2. The third-order valence-electron chi connectivity index (χ3n) is 4.44. The maximum absolute atomic E-state index is 10.8. The van der Waals surface area contributed by atoms with Gasteiger partial charge < -0.3 is 14.7 Å². The molecule has 0 bridgehead atoms. The number of fused-ring (bicyclic) bond motifs is 1. The highest BCUT2D eigenvalue weighted by Crippen LogP contribution is 2.32. The topological polar surface area (TPSA) is 103 Å². The van der Waals surface area contributed by atoms with E-state index in [9.17, 15) is 10.4 Å². The van der Waals surface area contributed by atoms with Crippen molar-refractivity contribution in [1.82, 2.24) is 24.7 Å². The highest BCUT2D eigenvalue weighted by atomic mass is 32.2. The molecule has 1 unspecified atom stereocenters. The SMILES string of the molecule is CCn1c(SC(C)/C(O)=C(\C#N)c2nc3ccccc3[nH]2)nnc1-c1cccs1. The van der Waals surface area contributed by atoms with Crippen LogP contribution in [0.4, 0.5) is 0 Å². The van der Waals surface area contributed by atoms with Gasteiger partial charge in [-0.25, -0.2) is 4.98 Å². The molecule has 1 atom stereocenters. The Bertz CT molecular complexity index is 1180. The number of aliphatic hydroxyl groups is 1. The van der Waals surface area contributed by atoms with E-state index in [0.29, 0.717) is 17.5 Å². The normalized spacial score (nSPS) is 13.3. The molecule has 0 fully saturated rings. The van der Waals surface area contributed by atoms with E-state index >= 15 is 0 Å². The first-order valence-electron chi connectivity index (χ1n) is 9.04. The lowest BCUT2D eigenvalue weighted by Crippen LogP contribution is -2.07. The van der Waals surface area contributed by atoms with Gasteiger partial charge in [0.25, 0.3) is 0 Å². The first kappa shape index (κ1) is 19.2. The summed E-state index contributed by atoms with van der Waals surface area (Å²) < 4.78 is 2.01. The summed E-state index contributed by atoms with van der Waals surface area (Å²) in [6.07, 6.45) is 0. The standard InChI is InChI=1S/C20H18N6OS2/c1-3-26-19(16-9-6-10-28-16)24-25-20(26)29-12(2)17(27)13(11-21)18-22-14-7-4-5-8-15(14)23-18/h4-10,12,27H,3H2,1-2H3,(H,22,23)/b17-13-. The number of aromatic amines is 1. The van der Waals surface area contributed by atoms with Crippen molar-refractivity contribution in [3.05, 3.63) is 53.4 Å². The van der Waals surface area contributed by atoms with Crippen molar-refractivity contribution in [2.75, 3.05) is 0 Å². The second-order valence-corrected chi connectivity index (χ2v) is 8.52. The van der Waals surface area contributed by atoms with Crippen molar-refractivity contribution in [3.8, 4) is 16.8 Å². The van der Waals surface area contributed by atoms with E-state index in [0.717, 1.165) is 21.7 Å². The molecule has 1 aromatic carbocycles. The molecule has 0 radical (unpaired) electrons. The van der Waals surface area contributed by atoms with Crippen LogP contribution in [-0.4, -0.2) is 35.1 Å². The number of nitrogens with one attached hydrogen (secondary N) is 1. The number of H-pyrrole nitrogens is 1. The summed E-state index contributed by atoms with van der Waals surface area (Å²) in [6, 6.07) is 13.6. The Morgan fingerprint density at radius 3 is 2.83 bits per heavy atom. The summed E-state index contributed by atoms with van der Waals surface area (Å²) in [5.74, 6) is 1.12. The summed E-state index contributed by atoms with van der Waals surface area (Å²) in [6.45, 7) is 4.56. The van der Waals surface area contributed by atoms with Crippen LogP contribution in [0.15, 0.2) is 52.7 Å². The van der Waals surface area contributed by atoms with Gasteiger partial charge in [0, 0.05) is 6.54 Å². The fourth-order valence-electron chi connectivity index (χ4n) is 2.97. The summed E-state index contributed by atoms with van der Waals surface area (Å²) in [7, 11) is 0. The number of thioether (sulfide) groups is 1. The first-order chi connectivity index (χ1) is 14.1. The lowest BCUT2D eigenvalue weighted by Gasteiger charge is -2.12. The predicted octanol–water partition coefficient (Wildman–Crippen LogP) is 4.88. The zero-order valence-corrected chi connectivity index (χ0v) is 17.5. The van der Waals surface area contributed by atoms with Crippen LogP contribution in [0.3, 0.4) is 0 Å². The Balaban J connectivity index is 1.65. The molecule has 4 rings (SSSR count). The highest BCUT2D eigenvalue weighted by Gasteiger charge is 2.22. The first-order valence-corrected chi connectivity index (χ1v) is 10.8. The maximum atomic E-state index is 10.8. The molecule has 2 N–H and O–H groups in total. The number of aromatic nitrogens is 5. The number of hydrogen-bond donors (Lipinski definition) is 2. The summed E-state index contributed by atoms with van der Waals surface area (Å²) in [4.78, 5) is 8.57. The molecule has 146 valence electrons. The van der Waals surface area contributed by atoms with Gasteiger partial charge in [-0.1, -0.05) is 30.0 Å². The predicted molar refractivity (Wildman–Crippen MR) is 116 cm³/mol. The molecular formula is C20H18N6OS2. The average Bonchev–Trinajstić information content (AvgIpc) is 3.47. The van der Waals surface area contributed by atoms with Crippen LogP contribution in [0, 0.1) is 11.3 Å². The van der Waals surface area contributed by atoms with Crippen LogP contribution >= 0.6 is 23.1 Å². The van der Waals surface area contributed by atoms with Gasteiger partial charge in [-0.3, -0.25) is 0 Å². The highest BCUT2D eigenvalue weighted by molar-refractivity contribution is 7.99. The molecule has 0 amide bonds. The van der Waals surface area contributed by atoms with Crippen molar-refractivity contribution >= 4 is 39.7 Å². The van der Waals surface area contributed by atoms with Gasteiger partial charge >= 0.3 is 0 Å². The lowest BCUT2D eigenvalue weighted by molar-refractivity contribution is 0.401. The maximum Gasteiger partial charge on any atom is 0.192 e. The number of allylic oxidation sites excluding steroid dienone is 1. The van der Waals surface area contributed by atoms with Crippen LogP contribution in [-0.2, 0) is 6.54 Å². The molecule has 7 nitrogen and oxygen atoms in total. The van der Waals surface area contributed by atoms with Gasteiger partial charge in [0.05, 0.1) is 21.2 Å². The third-order valence-corrected chi connectivity index (χ3v) is 6.39. The van der Waals surface area contributed by atoms with Crippen molar-refractivity contribution in [1.29, 1.82) is 5.26 Å². The van der Waals surface area contributed by atoms with Crippen LogP contribution in [0.1, 0.15) is 19.7 Å². The van der Waals surface area contributed by atoms with Crippen molar-refractivity contribution in [2.45, 2.75) is 30.8 Å². The quantitative estimate of drug-likeness (QED) is 0.261. The van der Waals surface area contributed by atoms with Gasteiger partial charge in [0.15, 0.2) is 16.8 Å². The molecule has 3 heterocycles. The Morgan fingerprint density at radius 2 is 2.14 bits per heavy atom. The minimum absolute atomic E-state index is 0.0418. The van der Waals surface area contributed by atoms with Crippen molar-refractivity contribution in [3.63, 3.8) is 0 Å². The number of rotatable bonds is 6. The number of benzene rings is 1. The minimum atomic E-state index is -0.399. The average molecular weight is 423 g/mol. The Morgan fingerprint density at radius 1 is 1.31 bits per heavy atom. The largest absolute Gasteiger partial charge is 0.510 e. The fourth-order valence-corrected chi connectivity index (χ4v) is 4.66. The van der Waals surface area contributed by atoms with Gasteiger partial charge in [0.1, 0.15) is 17.4 Å².